The Morgan fingerprint density at radius 3 is 2.68 bits per heavy atom. The number of likely N-dealkylation sites (N-methyl/N-ethyl adjacent to an activating group) is 1. The van der Waals surface area contributed by atoms with E-state index in [0.29, 0.717) is 0 Å². The minimum absolute atomic E-state index is 0.00618. The molecule has 7 nitrogen and oxygen atoms in total. The first-order valence-corrected chi connectivity index (χ1v) is 5.55. The largest absolute Gasteiger partial charge is 0.381 e. The van der Waals surface area contributed by atoms with E-state index < -0.39 is 4.92 Å². The summed E-state index contributed by atoms with van der Waals surface area (Å²) in [5.74, 6) is -0.450. The molecule has 0 saturated heterocycles. The fourth-order valence-electron chi connectivity index (χ4n) is 1.59. The molecule has 98 valence electrons. The topological polar surface area (TPSA) is 81.3 Å². The molecule has 0 aliphatic rings. The Bertz CT molecular complexity index is 594. The Kier molecular flexibility index (Phi) is 3.56. The van der Waals surface area contributed by atoms with Crippen LogP contribution in [0.1, 0.15) is 0 Å². The molecular weight excluding hydrogens is 248 g/mol. The molecule has 7 heteroatoms. The summed E-state index contributed by atoms with van der Waals surface area (Å²) in [7, 11) is 1.66. The number of nitrogens with zero attached hydrogens (tertiary/aromatic N) is 4. The molecule has 0 aliphatic carbocycles. The molecule has 2 aromatic rings. The fraction of sp³-hybridized carbons (Fsp3) is 0.167. The van der Waals surface area contributed by atoms with Gasteiger partial charge in [0, 0.05) is 12.7 Å². The van der Waals surface area contributed by atoms with Crippen LogP contribution in [0.25, 0.3) is 0 Å². The molecule has 0 N–H and O–H groups in total. The smallest absolute Gasteiger partial charge is 0.358 e. The van der Waals surface area contributed by atoms with Gasteiger partial charge in [0.2, 0.25) is 12.2 Å². The normalized spacial score (nSPS) is 10.2. The van der Waals surface area contributed by atoms with Crippen LogP contribution >= 0.6 is 0 Å². The number of hydrogen-bond donors (Lipinski definition) is 0. The lowest BCUT2D eigenvalue weighted by molar-refractivity contribution is -0.389. The number of anilines is 1. The van der Waals surface area contributed by atoms with Crippen LogP contribution in [0.5, 0.6) is 0 Å². The van der Waals surface area contributed by atoms with E-state index >= 15 is 0 Å². The van der Waals surface area contributed by atoms with Gasteiger partial charge in [0.25, 0.3) is 0 Å². The van der Waals surface area contributed by atoms with Crippen molar-refractivity contribution in [2.45, 2.75) is 6.54 Å². The standard InChI is InChI=1S/C12H12N4O3/c1-14(10-5-3-2-4-6-10)12(17)8-15-7-11(13-9-15)16(18)19/h2-7,9H,8H2,1H3. The van der Waals surface area contributed by atoms with E-state index in [-0.39, 0.29) is 18.3 Å². The van der Waals surface area contributed by atoms with Gasteiger partial charge in [0.15, 0.2) is 0 Å². The van der Waals surface area contributed by atoms with Gasteiger partial charge in [-0.15, -0.1) is 0 Å². The van der Waals surface area contributed by atoms with Crippen LogP contribution in [-0.4, -0.2) is 27.4 Å². The second-order valence-electron chi connectivity index (χ2n) is 3.95. The number of nitro groups is 1. The fourth-order valence-corrected chi connectivity index (χ4v) is 1.59. The van der Waals surface area contributed by atoms with Gasteiger partial charge in [-0.3, -0.25) is 4.79 Å². The molecule has 0 aliphatic heterocycles. The molecule has 0 fully saturated rings. The summed E-state index contributed by atoms with van der Waals surface area (Å²) < 4.78 is 1.39. The van der Waals surface area contributed by atoms with Crippen molar-refractivity contribution >= 4 is 17.4 Å². The third kappa shape index (κ3) is 2.95. The Hall–Kier alpha value is -2.70. The highest BCUT2D eigenvalue weighted by molar-refractivity contribution is 5.92. The van der Waals surface area contributed by atoms with E-state index in [2.05, 4.69) is 4.98 Å². The monoisotopic (exact) mass is 260 g/mol. The zero-order valence-electron chi connectivity index (χ0n) is 10.3. The number of carbonyl (C=O) groups excluding carboxylic acids is 1. The number of para-hydroxylation sites is 1. The van der Waals surface area contributed by atoms with Crippen LogP contribution in [0.15, 0.2) is 42.9 Å². The number of amides is 1. The summed E-state index contributed by atoms with van der Waals surface area (Å²) in [6.45, 7) is 0.00618. The van der Waals surface area contributed by atoms with Gasteiger partial charge in [-0.05, 0) is 22.0 Å². The lowest BCUT2D eigenvalue weighted by atomic mass is 10.3. The average Bonchev–Trinajstić information content (AvgIpc) is 2.87. The Balaban J connectivity index is 2.06. The van der Waals surface area contributed by atoms with Crippen LogP contribution in [0.4, 0.5) is 11.5 Å². The number of aromatic nitrogens is 2. The average molecular weight is 260 g/mol. The molecule has 19 heavy (non-hydrogen) atoms. The number of rotatable bonds is 4. The summed E-state index contributed by atoms with van der Waals surface area (Å²) in [6, 6.07) is 9.16. The molecule has 0 saturated carbocycles. The third-order valence-electron chi connectivity index (χ3n) is 2.64. The van der Waals surface area contributed by atoms with Crippen LogP contribution in [0, 0.1) is 10.1 Å². The Morgan fingerprint density at radius 1 is 1.42 bits per heavy atom. The second-order valence-corrected chi connectivity index (χ2v) is 3.95. The first-order chi connectivity index (χ1) is 9.08. The van der Waals surface area contributed by atoms with E-state index in [1.165, 1.54) is 22.0 Å². The summed E-state index contributed by atoms with van der Waals surface area (Å²) in [4.78, 5) is 27.0. The molecule has 0 spiro atoms. The summed E-state index contributed by atoms with van der Waals surface area (Å²) in [5, 5.41) is 10.5. The molecule has 0 bridgehead atoms. The third-order valence-corrected chi connectivity index (χ3v) is 2.64. The number of benzene rings is 1. The van der Waals surface area contributed by atoms with Gasteiger partial charge in [-0.25, -0.2) is 0 Å². The van der Waals surface area contributed by atoms with Crippen LogP contribution in [0.2, 0.25) is 0 Å². The highest BCUT2D eigenvalue weighted by Gasteiger charge is 2.15. The van der Waals surface area contributed by atoms with E-state index in [4.69, 9.17) is 0 Å². The minimum atomic E-state index is -0.595. The first kappa shape index (κ1) is 12.7. The molecule has 0 radical (unpaired) electrons. The van der Waals surface area contributed by atoms with Crippen LogP contribution in [-0.2, 0) is 11.3 Å². The van der Waals surface area contributed by atoms with Crippen molar-refractivity contribution in [3.05, 3.63) is 53.0 Å². The van der Waals surface area contributed by atoms with Gasteiger partial charge < -0.3 is 19.6 Å². The highest BCUT2D eigenvalue weighted by atomic mass is 16.6. The van der Waals surface area contributed by atoms with Gasteiger partial charge in [-0.2, -0.15) is 0 Å². The highest BCUT2D eigenvalue weighted by Crippen LogP contribution is 2.12. The molecule has 1 aromatic carbocycles. The molecule has 1 amide bonds. The predicted octanol–water partition coefficient (Wildman–Crippen LogP) is 1.45. The van der Waals surface area contributed by atoms with Gasteiger partial charge in [0.1, 0.15) is 12.7 Å². The van der Waals surface area contributed by atoms with Crippen molar-refractivity contribution in [1.29, 1.82) is 0 Å². The van der Waals surface area contributed by atoms with Crippen LogP contribution in [0.3, 0.4) is 0 Å². The van der Waals surface area contributed by atoms with Gasteiger partial charge in [0.05, 0.1) is 0 Å². The van der Waals surface area contributed by atoms with Crippen molar-refractivity contribution in [1.82, 2.24) is 9.55 Å². The predicted molar refractivity (Wildman–Crippen MR) is 68.7 cm³/mol. The van der Waals surface area contributed by atoms with E-state index in [1.54, 1.807) is 7.05 Å². The number of carbonyl (C=O) groups is 1. The summed E-state index contributed by atoms with van der Waals surface area (Å²) >= 11 is 0. The maximum atomic E-state index is 12.0. The lowest BCUT2D eigenvalue weighted by Crippen LogP contribution is -2.29. The van der Waals surface area contributed by atoms with Crippen molar-refractivity contribution in [2.24, 2.45) is 0 Å². The molecule has 2 rings (SSSR count). The molecule has 0 atom stereocenters. The SMILES string of the molecule is CN(C(=O)Cn1cnc([N+](=O)[O-])c1)c1ccccc1. The van der Waals surface area contributed by atoms with Gasteiger partial charge >= 0.3 is 5.82 Å². The van der Waals surface area contributed by atoms with E-state index in [0.717, 1.165) is 5.69 Å². The summed E-state index contributed by atoms with van der Waals surface area (Å²) in [5.41, 5.74) is 0.766. The van der Waals surface area contributed by atoms with E-state index in [9.17, 15) is 14.9 Å². The Morgan fingerprint density at radius 2 is 2.11 bits per heavy atom. The lowest BCUT2D eigenvalue weighted by Gasteiger charge is -2.16. The minimum Gasteiger partial charge on any atom is -0.358 e. The van der Waals surface area contributed by atoms with E-state index in [1.807, 2.05) is 30.3 Å². The maximum absolute atomic E-state index is 12.0. The molecular formula is C12H12N4O3. The molecule has 1 heterocycles. The van der Waals surface area contributed by atoms with Crippen LogP contribution < -0.4 is 4.90 Å². The quantitative estimate of drug-likeness (QED) is 0.615. The second kappa shape index (κ2) is 5.30. The zero-order valence-corrected chi connectivity index (χ0v) is 10.3. The van der Waals surface area contributed by atoms with Crippen molar-refractivity contribution < 1.29 is 9.72 Å². The Labute approximate surface area is 109 Å². The van der Waals surface area contributed by atoms with Crippen molar-refractivity contribution in [3.63, 3.8) is 0 Å². The maximum Gasteiger partial charge on any atom is 0.381 e. The molecule has 0 unspecified atom stereocenters. The van der Waals surface area contributed by atoms with Gasteiger partial charge in [-0.1, -0.05) is 18.2 Å². The molecule has 1 aromatic heterocycles. The zero-order chi connectivity index (χ0) is 13.8. The first-order valence-electron chi connectivity index (χ1n) is 5.55. The van der Waals surface area contributed by atoms with Crippen molar-refractivity contribution in [3.8, 4) is 0 Å². The van der Waals surface area contributed by atoms with Crippen molar-refractivity contribution in [2.75, 3.05) is 11.9 Å². The summed E-state index contributed by atoms with van der Waals surface area (Å²) in [6.07, 6.45) is 2.51. The number of imidazole rings is 1. The number of hydrogen-bond acceptors (Lipinski definition) is 4.